The maximum absolute atomic E-state index is 3.99. The van der Waals surface area contributed by atoms with Gasteiger partial charge in [0, 0.05) is 18.6 Å². The van der Waals surface area contributed by atoms with Crippen LogP contribution in [-0.2, 0) is 0 Å². The zero-order chi connectivity index (χ0) is 16.1. The Morgan fingerprint density at radius 3 is 1.71 bits per heavy atom. The molecule has 0 rings (SSSR count). The number of hydrogen-bond acceptors (Lipinski definition) is 2. The minimum absolute atomic E-state index is 0.647. The van der Waals surface area contributed by atoms with Gasteiger partial charge in [0.15, 0.2) is 0 Å². The summed E-state index contributed by atoms with van der Waals surface area (Å²) in [7, 11) is 4.39. The number of likely N-dealkylation sites (N-methyl/N-ethyl adjacent to an activating group) is 1. The molecule has 0 spiro atoms. The van der Waals surface area contributed by atoms with Crippen LogP contribution in [0.3, 0.4) is 0 Å². The highest BCUT2D eigenvalue weighted by Crippen LogP contribution is 2.14. The summed E-state index contributed by atoms with van der Waals surface area (Å²) in [4.78, 5) is 2.33. The topological polar surface area (TPSA) is 15.3 Å². The minimum Gasteiger partial charge on any atom is -0.310 e. The lowest BCUT2D eigenvalue weighted by Crippen LogP contribution is -2.44. The molecule has 0 radical (unpaired) electrons. The molecule has 1 atom stereocenters. The number of rotatable bonds is 14. The molecule has 0 bridgehead atoms. The van der Waals surface area contributed by atoms with Crippen molar-refractivity contribution in [3.63, 3.8) is 0 Å². The fraction of sp³-hybridized carbons (Fsp3) is 1.00. The lowest BCUT2D eigenvalue weighted by atomic mass is 9.98. The molecule has 21 heavy (non-hydrogen) atoms. The van der Waals surface area contributed by atoms with Crippen molar-refractivity contribution in [3.05, 3.63) is 0 Å². The molecule has 0 aromatic heterocycles. The number of hydrogen-bond donors (Lipinski definition) is 1. The van der Waals surface area contributed by atoms with Crippen molar-refractivity contribution >= 4 is 0 Å². The van der Waals surface area contributed by atoms with Gasteiger partial charge in [-0.2, -0.15) is 0 Å². The van der Waals surface area contributed by atoms with E-state index in [2.05, 4.69) is 52.0 Å². The predicted molar refractivity (Wildman–Crippen MR) is 97.0 cm³/mol. The van der Waals surface area contributed by atoms with E-state index >= 15 is 0 Å². The monoisotopic (exact) mass is 298 g/mol. The van der Waals surface area contributed by atoms with Crippen LogP contribution in [0.1, 0.15) is 85.5 Å². The summed E-state index contributed by atoms with van der Waals surface area (Å²) in [5.74, 6) is 0.773. The van der Waals surface area contributed by atoms with Crippen LogP contribution in [0.15, 0.2) is 0 Å². The molecule has 0 fully saturated rings. The Hall–Kier alpha value is -0.0800. The van der Waals surface area contributed by atoms with Gasteiger partial charge in [-0.25, -0.2) is 0 Å². The average molecular weight is 299 g/mol. The quantitative estimate of drug-likeness (QED) is 0.450. The van der Waals surface area contributed by atoms with Crippen LogP contribution in [0.4, 0.5) is 0 Å². The van der Waals surface area contributed by atoms with E-state index < -0.39 is 0 Å². The Bertz CT molecular complexity index is 194. The largest absolute Gasteiger partial charge is 0.310 e. The van der Waals surface area contributed by atoms with Crippen molar-refractivity contribution in [2.45, 2.75) is 97.6 Å². The molecule has 2 heteroatoms. The molecule has 0 heterocycles. The van der Waals surface area contributed by atoms with E-state index in [-0.39, 0.29) is 0 Å². The molecule has 0 aliphatic heterocycles. The van der Waals surface area contributed by atoms with E-state index in [0.717, 1.165) is 18.5 Å². The van der Waals surface area contributed by atoms with Gasteiger partial charge in [0.2, 0.25) is 0 Å². The third kappa shape index (κ3) is 13.3. The zero-order valence-corrected chi connectivity index (χ0v) is 15.8. The average Bonchev–Trinajstić information content (AvgIpc) is 2.37. The van der Waals surface area contributed by atoms with Crippen LogP contribution in [0.5, 0.6) is 0 Å². The van der Waals surface area contributed by atoms with Crippen molar-refractivity contribution in [1.29, 1.82) is 0 Å². The third-order valence-corrected chi connectivity index (χ3v) is 4.13. The van der Waals surface area contributed by atoms with E-state index in [0.29, 0.717) is 6.04 Å². The molecule has 1 unspecified atom stereocenters. The third-order valence-electron chi connectivity index (χ3n) is 4.13. The first-order chi connectivity index (χ1) is 9.99. The van der Waals surface area contributed by atoms with Gasteiger partial charge in [-0.3, -0.25) is 0 Å². The van der Waals surface area contributed by atoms with Gasteiger partial charge in [0.25, 0.3) is 0 Å². The Kier molecular flexibility index (Phi) is 13.5. The summed E-state index contributed by atoms with van der Waals surface area (Å²) in [5, 5.41) is 3.99. The van der Waals surface area contributed by atoms with Gasteiger partial charge in [0.05, 0.1) is 0 Å². The molecular weight excluding hydrogens is 256 g/mol. The second-order valence-corrected chi connectivity index (χ2v) is 7.44. The lowest BCUT2D eigenvalue weighted by Gasteiger charge is -2.29. The first-order valence-corrected chi connectivity index (χ1v) is 9.40. The first-order valence-electron chi connectivity index (χ1n) is 9.40. The molecule has 0 aromatic carbocycles. The second kappa shape index (κ2) is 13.6. The fourth-order valence-corrected chi connectivity index (χ4v) is 3.13. The van der Waals surface area contributed by atoms with Crippen LogP contribution in [0, 0.1) is 5.92 Å². The lowest BCUT2D eigenvalue weighted by molar-refractivity contribution is 0.271. The molecule has 0 aromatic rings. The van der Waals surface area contributed by atoms with Crippen LogP contribution in [-0.4, -0.2) is 37.6 Å². The summed E-state index contributed by atoms with van der Waals surface area (Å²) in [6.45, 7) is 10.4. The molecule has 0 aliphatic rings. The van der Waals surface area contributed by atoms with Crippen LogP contribution >= 0.6 is 0 Å². The highest BCUT2D eigenvalue weighted by Gasteiger charge is 2.17. The summed E-state index contributed by atoms with van der Waals surface area (Å²) in [6.07, 6.45) is 12.2. The molecule has 0 amide bonds. The summed E-state index contributed by atoms with van der Waals surface area (Å²) >= 11 is 0. The van der Waals surface area contributed by atoms with Gasteiger partial charge in [-0.05, 0) is 39.3 Å². The standard InChI is InChI=1S/C19H42N2/c1-7-9-11-13-18(14-12-10-8-2)20-19(15-17(3)4)16-21(5)6/h17-20H,7-16H2,1-6H3. The maximum Gasteiger partial charge on any atom is 0.0199 e. The SMILES string of the molecule is CCCCCC(CCCCC)NC(CC(C)C)CN(C)C. The molecule has 0 aliphatic carbocycles. The summed E-state index contributed by atoms with van der Waals surface area (Å²) in [5.41, 5.74) is 0. The Balaban J connectivity index is 4.37. The Labute approximate surface area is 135 Å². The number of nitrogens with zero attached hydrogens (tertiary/aromatic N) is 1. The summed E-state index contributed by atoms with van der Waals surface area (Å²) < 4.78 is 0. The van der Waals surface area contributed by atoms with Crippen molar-refractivity contribution in [3.8, 4) is 0 Å². The Morgan fingerprint density at radius 2 is 1.33 bits per heavy atom. The van der Waals surface area contributed by atoms with Crippen molar-refractivity contribution < 1.29 is 0 Å². The first kappa shape index (κ1) is 20.9. The van der Waals surface area contributed by atoms with Crippen molar-refractivity contribution in [1.82, 2.24) is 10.2 Å². The molecule has 2 nitrogen and oxygen atoms in total. The molecule has 128 valence electrons. The van der Waals surface area contributed by atoms with E-state index in [1.165, 1.54) is 57.8 Å². The van der Waals surface area contributed by atoms with E-state index in [4.69, 9.17) is 0 Å². The highest BCUT2D eigenvalue weighted by atomic mass is 15.1. The minimum atomic E-state index is 0.647. The number of nitrogens with one attached hydrogen (secondary N) is 1. The van der Waals surface area contributed by atoms with Gasteiger partial charge in [-0.1, -0.05) is 66.2 Å². The number of unbranched alkanes of at least 4 members (excludes halogenated alkanes) is 4. The van der Waals surface area contributed by atoms with Gasteiger partial charge in [0.1, 0.15) is 0 Å². The Morgan fingerprint density at radius 1 is 0.810 bits per heavy atom. The van der Waals surface area contributed by atoms with Gasteiger partial charge in [-0.15, -0.1) is 0 Å². The molecular formula is C19H42N2. The van der Waals surface area contributed by atoms with Gasteiger partial charge < -0.3 is 10.2 Å². The fourth-order valence-electron chi connectivity index (χ4n) is 3.13. The van der Waals surface area contributed by atoms with E-state index in [1.807, 2.05) is 0 Å². The summed E-state index contributed by atoms with van der Waals surface area (Å²) in [6, 6.07) is 1.38. The van der Waals surface area contributed by atoms with Gasteiger partial charge >= 0.3 is 0 Å². The van der Waals surface area contributed by atoms with Crippen LogP contribution in [0.25, 0.3) is 0 Å². The predicted octanol–water partition coefficient (Wildman–Crippen LogP) is 5.08. The molecule has 0 saturated heterocycles. The molecule has 0 saturated carbocycles. The normalized spacial score (nSPS) is 13.6. The molecule has 1 N–H and O–H groups in total. The van der Waals surface area contributed by atoms with Crippen molar-refractivity contribution in [2.24, 2.45) is 5.92 Å². The highest BCUT2D eigenvalue weighted by molar-refractivity contribution is 4.77. The van der Waals surface area contributed by atoms with Crippen molar-refractivity contribution in [2.75, 3.05) is 20.6 Å². The smallest absolute Gasteiger partial charge is 0.0199 e. The van der Waals surface area contributed by atoms with E-state index in [1.54, 1.807) is 0 Å². The van der Waals surface area contributed by atoms with Crippen LogP contribution < -0.4 is 5.32 Å². The zero-order valence-electron chi connectivity index (χ0n) is 15.8. The van der Waals surface area contributed by atoms with E-state index in [9.17, 15) is 0 Å². The maximum atomic E-state index is 3.99. The van der Waals surface area contributed by atoms with Crippen LogP contribution in [0.2, 0.25) is 0 Å². The second-order valence-electron chi connectivity index (χ2n) is 7.44.